The van der Waals surface area contributed by atoms with Gasteiger partial charge in [-0.2, -0.15) is 0 Å². The van der Waals surface area contributed by atoms with Crippen LogP contribution in [-0.2, 0) is 0 Å². The number of carbonyl (C=O) groups excluding carboxylic acids is 1. The second-order valence-corrected chi connectivity index (χ2v) is 6.45. The molecule has 3 heterocycles. The van der Waals surface area contributed by atoms with Crippen LogP contribution in [0.5, 0.6) is 5.75 Å². The van der Waals surface area contributed by atoms with Crippen LogP contribution in [-0.4, -0.2) is 39.6 Å². The fourth-order valence-corrected chi connectivity index (χ4v) is 3.29. The molecular formula is C21H21N3O2. The van der Waals surface area contributed by atoms with Gasteiger partial charge in [0.1, 0.15) is 11.9 Å². The molecule has 1 aromatic carbocycles. The Morgan fingerprint density at radius 1 is 1.04 bits per heavy atom. The fourth-order valence-electron chi connectivity index (χ4n) is 3.29. The van der Waals surface area contributed by atoms with Gasteiger partial charge in [0.25, 0.3) is 5.91 Å². The van der Waals surface area contributed by atoms with Gasteiger partial charge in [-0.05, 0) is 61.4 Å². The van der Waals surface area contributed by atoms with Crippen LogP contribution in [0.15, 0.2) is 73.3 Å². The van der Waals surface area contributed by atoms with Gasteiger partial charge in [0, 0.05) is 42.6 Å². The molecule has 1 atom stereocenters. The van der Waals surface area contributed by atoms with Gasteiger partial charge in [-0.25, -0.2) is 0 Å². The molecule has 1 fully saturated rings. The van der Waals surface area contributed by atoms with E-state index >= 15 is 0 Å². The SMILES string of the molecule is O=C(c1ccc(-n2cccc2)cc1)N1CCCC(Oc2ccncc2)C1. The number of rotatable bonds is 4. The Hall–Kier alpha value is -3.08. The number of benzene rings is 1. The van der Waals surface area contributed by atoms with Crippen LogP contribution in [0.25, 0.3) is 5.69 Å². The lowest BCUT2D eigenvalue weighted by Gasteiger charge is -2.33. The van der Waals surface area contributed by atoms with Gasteiger partial charge in [0.05, 0.1) is 6.54 Å². The largest absolute Gasteiger partial charge is 0.488 e. The van der Waals surface area contributed by atoms with Crippen molar-refractivity contribution >= 4 is 5.91 Å². The highest BCUT2D eigenvalue weighted by Gasteiger charge is 2.25. The molecule has 0 bridgehead atoms. The molecule has 1 unspecified atom stereocenters. The van der Waals surface area contributed by atoms with E-state index in [2.05, 4.69) is 4.98 Å². The Bertz CT molecular complexity index is 845. The molecule has 4 rings (SSSR count). The molecule has 1 amide bonds. The van der Waals surface area contributed by atoms with Crippen LogP contribution in [0, 0.1) is 0 Å². The Kier molecular flexibility index (Phi) is 4.69. The summed E-state index contributed by atoms with van der Waals surface area (Å²) in [6.07, 6.45) is 9.34. The first-order chi connectivity index (χ1) is 12.8. The molecule has 26 heavy (non-hydrogen) atoms. The highest BCUT2D eigenvalue weighted by molar-refractivity contribution is 5.94. The molecule has 1 saturated heterocycles. The summed E-state index contributed by atoms with van der Waals surface area (Å²) < 4.78 is 8.02. The van der Waals surface area contributed by atoms with Crippen LogP contribution < -0.4 is 4.74 Å². The summed E-state index contributed by atoms with van der Waals surface area (Å²) in [6.45, 7) is 1.38. The van der Waals surface area contributed by atoms with E-state index in [9.17, 15) is 4.79 Å². The van der Waals surface area contributed by atoms with Gasteiger partial charge in [0.15, 0.2) is 0 Å². The maximum Gasteiger partial charge on any atom is 0.253 e. The summed E-state index contributed by atoms with van der Waals surface area (Å²) in [5, 5.41) is 0. The van der Waals surface area contributed by atoms with E-state index in [0.717, 1.165) is 30.8 Å². The summed E-state index contributed by atoms with van der Waals surface area (Å²) in [6, 6.07) is 15.4. The third-order valence-electron chi connectivity index (χ3n) is 4.63. The van der Waals surface area contributed by atoms with E-state index in [0.29, 0.717) is 12.1 Å². The molecule has 2 aromatic heterocycles. The van der Waals surface area contributed by atoms with Crippen LogP contribution in [0.3, 0.4) is 0 Å². The molecule has 0 spiro atoms. The molecule has 0 aliphatic carbocycles. The van der Waals surface area contributed by atoms with E-state index in [4.69, 9.17) is 4.74 Å². The van der Waals surface area contributed by atoms with Crippen molar-refractivity contribution in [3.05, 3.63) is 78.9 Å². The Balaban J connectivity index is 1.42. The van der Waals surface area contributed by atoms with Crippen molar-refractivity contribution in [1.82, 2.24) is 14.5 Å². The van der Waals surface area contributed by atoms with Crippen molar-refractivity contribution in [1.29, 1.82) is 0 Å². The quantitative estimate of drug-likeness (QED) is 0.725. The zero-order chi connectivity index (χ0) is 17.8. The van der Waals surface area contributed by atoms with Gasteiger partial charge in [-0.1, -0.05) is 0 Å². The summed E-state index contributed by atoms with van der Waals surface area (Å²) in [5.74, 6) is 0.863. The van der Waals surface area contributed by atoms with Crippen LogP contribution in [0.4, 0.5) is 0 Å². The number of carbonyl (C=O) groups is 1. The third-order valence-corrected chi connectivity index (χ3v) is 4.63. The maximum absolute atomic E-state index is 12.8. The van der Waals surface area contributed by atoms with E-state index in [1.165, 1.54) is 0 Å². The third kappa shape index (κ3) is 3.61. The average molecular weight is 347 g/mol. The van der Waals surface area contributed by atoms with Crippen molar-refractivity contribution in [3.8, 4) is 11.4 Å². The first kappa shape index (κ1) is 16.4. The molecular weight excluding hydrogens is 326 g/mol. The molecule has 0 N–H and O–H groups in total. The number of aromatic nitrogens is 2. The van der Waals surface area contributed by atoms with Gasteiger partial charge in [-0.3, -0.25) is 9.78 Å². The number of amides is 1. The zero-order valence-corrected chi connectivity index (χ0v) is 14.5. The summed E-state index contributed by atoms with van der Waals surface area (Å²) in [4.78, 5) is 18.7. The predicted molar refractivity (Wildman–Crippen MR) is 99.6 cm³/mol. The summed E-state index contributed by atoms with van der Waals surface area (Å²) in [5.41, 5.74) is 1.76. The van der Waals surface area contributed by atoms with Crippen molar-refractivity contribution in [2.75, 3.05) is 13.1 Å². The average Bonchev–Trinajstić information content (AvgIpc) is 3.23. The lowest BCUT2D eigenvalue weighted by atomic mass is 10.1. The van der Waals surface area contributed by atoms with Crippen LogP contribution in [0.1, 0.15) is 23.2 Å². The zero-order valence-electron chi connectivity index (χ0n) is 14.5. The van der Waals surface area contributed by atoms with Crippen molar-refractivity contribution in [2.24, 2.45) is 0 Å². The fraction of sp³-hybridized carbons (Fsp3) is 0.238. The standard InChI is InChI=1S/C21H21N3O2/c25-21(17-5-7-18(8-6-17)23-13-1-2-14-23)24-15-3-4-20(16-24)26-19-9-11-22-12-10-19/h1-2,5-14,20H,3-4,15-16H2. The van der Waals surface area contributed by atoms with Gasteiger partial charge >= 0.3 is 0 Å². The smallest absolute Gasteiger partial charge is 0.253 e. The molecule has 1 aliphatic heterocycles. The van der Waals surface area contributed by atoms with Crippen LogP contribution in [0.2, 0.25) is 0 Å². The van der Waals surface area contributed by atoms with Crippen molar-refractivity contribution < 1.29 is 9.53 Å². The van der Waals surface area contributed by atoms with Crippen molar-refractivity contribution in [2.45, 2.75) is 18.9 Å². The number of likely N-dealkylation sites (tertiary alicyclic amines) is 1. The summed E-state index contributed by atoms with van der Waals surface area (Å²) >= 11 is 0. The molecule has 0 saturated carbocycles. The molecule has 1 aliphatic rings. The van der Waals surface area contributed by atoms with Crippen LogP contribution >= 0.6 is 0 Å². The number of pyridine rings is 1. The minimum atomic E-state index is 0.0225. The van der Waals surface area contributed by atoms with Gasteiger partial charge < -0.3 is 14.2 Å². The molecule has 3 aromatic rings. The number of nitrogens with zero attached hydrogens (tertiary/aromatic N) is 3. The molecule has 5 heteroatoms. The van der Waals surface area contributed by atoms with E-state index in [-0.39, 0.29) is 12.0 Å². The Morgan fingerprint density at radius 2 is 1.77 bits per heavy atom. The number of ether oxygens (including phenoxy) is 1. The minimum Gasteiger partial charge on any atom is -0.488 e. The summed E-state index contributed by atoms with van der Waals surface area (Å²) in [7, 11) is 0. The van der Waals surface area contributed by atoms with E-state index in [1.807, 2.05) is 70.4 Å². The number of piperidine rings is 1. The second kappa shape index (κ2) is 7.44. The molecule has 132 valence electrons. The van der Waals surface area contributed by atoms with Gasteiger partial charge in [0.2, 0.25) is 0 Å². The Morgan fingerprint density at radius 3 is 2.50 bits per heavy atom. The highest BCUT2D eigenvalue weighted by atomic mass is 16.5. The highest BCUT2D eigenvalue weighted by Crippen LogP contribution is 2.20. The van der Waals surface area contributed by atoms with Gasteiger partial charge in [-0.15, -0.1) is 0 Å². The lowest BCUT2D eigenvalue weighted by molar-refractivity contribution is 0.0538. The number of hydrogen-bond donors (Lipinski definition) is 0. The molecule has 0 radical (unpaired) electrons. The van der Waals surface area contributed by atoms with Crippen molar-refractivity contribution in [3.63, 3.8) is 0 Å². The Labute approximate surface area is 152 Å². The van der Waals surface area contributed by atoms with E-state index < -0.39 is 0 Å². The lowest BCUT2D eigenvalue weighted by Crippen LogP contribution is -2.44. The maximum atomic E-state index is 12.8. The monoisotopic (exact) mass is 347 g/mol. The molecule has 5 nitrogen and oxygen atoms in total. The first-order valence-corrected chi connectivity index (χ1v) is 8.89. The van der Waals surface area contributed by atoms with E-state index in [1.54, 1.807) is 12.4 Å². The minimum absolute atomic E-state index is 0.0225. The first-order valence-electron chi connectivity index (χ1n) is 8.89. The normalized spacial score (nSPS) is 17.1. The predicted octanol–water partition coefficient (Wildman–Crippen LogP) is 3.56. The second-order valence-electron chi connectivity index (χ2n) is 6.45. The topological polar surface area (TPSA) is 47.4 Å². The number of hydrogen-bond acceptors (Lipinski definition) is 3.